The van der Waals surface area contributed by atoms with Crippen molar-refractivity contribution in [2.45, 2.75) is 0 Å². The molecule has 0 amide bonds. The molecule has 0 unspecified atom stereocenters. The summed E-state index contributed by atoms with van der Waals surface area (Å²) in [4.78, 5) is 0. The van der Waals surface area contributed by atoms with Crippen molar-refractivity contribution in [1.82, 2.24) is 0 Å². The predicted octanol–water partition coefficient (Wildman–Crippen LogP) is -0.505. The van der Waals surface area contributed by atoms with Crippen molar-refractivity contribution >= 4 is 22.5 Å². The van der Waals surface area contributed by atoms with Gasteiger partial charge in [0.1, 0.15) is 0 Å². The average molecular weight is 384 g/mol. The Hall–Kier alpha value is 1.91. The molecule has 0 fully saturated rings. The van der Waals surface area contributed by atoms with Gasteiger partial charge in [0, 0.05) is 40.5 Å². The summed E-state index contributed by atoms with van der Waals surface area (Å²) in [6.45, 7) is 0. The first-order valence-corrected chi connectivity index (χ1v) is 1.37. The van der Waals surface area contributed by atoms with Gasteiger partial charge in [0.25, 0.3) is 0 Å². The van der Waals surface area contributed by atoms with Gasteiger partial charge in [0.05, 0.1) is 0 Å². The van der Waals surface area contributed by atoms with E-state index < -0.39 is 0 Å². The zero-order chi connectivity index (χ0) is 2.00. The SMILES string of the molecule is [O]=[Sn].[W].[Zn]. The molecule has 0 N–H and O–H groups in total. The molecule has 0 atom stereocenters. The van der Waals surface area contributed by atoms with E-state index in [-0.39, 0.29) is 40.5 Å². The third-order valence-electron chi connectivity index (χ3n) is 0. The van der Waals surface area contributed by atoms with Crippen LogP contribution in [0.25, 0.3) is 0 Å². The van der Waals surface area contributed by atoms with Gasteiger partial charge in [-0.05, 0) is 0 Å². The largest absolute Gasteiger partial charge is 0 e. The van der Waals surface area contributed by atoms with Crippen LogP contribution in [0.15, 0.2) is 0 Å². The minimum absolute atomic E-state index is 0. The first kappa shape index (κ1) is 16.8. The Morgan fingerprint density at radius 2 is 1.25 bits per heavy atom. The van der Waals surface area contributed by atoms with Crippen molar-refractivity contribution in [1.29, 1.82) is 0 Å². The molecule has 0 aliphatic carbocycles. The van der Waals surface area contributed by atoms with E-state index in [4.69, 9.17) is 3.08 Å². The number of hydrogen-bond donors (Lipinski definition) is 0. The topological polar surface area (TPSA) is 17.1 Å². The fraction of sp³-hybridized carbons (Fsp3) is 0. The van der Waals surface area contributed by atoms with E-state index >= 15 is 0 Å². The Labute approximate surface area is 65.4 Å². The Bertz CT molecular complexity index is 8.00. The zero-order valence-electron chi connectivity index (χ0n) is 2.02. The molecule has 2 radical (unpaired) electrons. The van der Waals surface area contributed by atoms with E-state index in [0.717, 1.165) is 0 Å². The van der Waals surface area contributed by atoms with Crippen molar-refractivity contribution in [2.75, 3.05) is 0 Å². The van der Waals surface area contributed by atoms with E-state index in [1.807, 2.05) is 0 Å². The van der Waals surface area contributed by atoms with Crippen LogP contribution in [-0.2, 0) is 43.6 Å². The average Bonchev–Trinajstić information content (AvgIpc) is 1.00. The van der Waals surface area contributed by atoms with E-state index in [1.165, 1.54) is 0 Å². The van der Waals surface area contributed by atoms with Gasteiger partial charge < -0.3 is 0 Å². The van der Waals surface area contributed by atoms with Crippen molar-refractivity contribution in [2.24, 2.45) is 0 Å². The standard InChI is InChI=1S/O.Sn.W.Zn. The van der Waals surface area contributed by atoms with Crippen molar-refractivity contribution in [3.8, 4) is 0 Å². The van der Waals surface area contributed by atoms with E-state index in [2.05, 4.69) is 0 Å². The van der Waals surface area contributed by atoms with Gasteiger partial charge in [-0.2, -0.15) is 0 Å². The second kappa shape index (κ2) is 20.6. The summed E-state index contributed by atoms with van der Waals surface area (Å²) < 4.78 is 8.34. The second-order valence-electron chi connectivity index (χ2n) is 0. The maximum Gasteiger partial charge on any atom is 0 e. The minimum atomic E-state index is 0. The van der Waals surface area contributed by atoms with Gasteiger partial charge in [-0.3, -0.25) is 0 Å². The van der Waals surface area contributed by atoms with Crippen LogP contribution in [0, 0.1) is 0 Å². The van der Waals surface area contributed by atoms with Crippen LogP contribution in [0.3, 0.4) is 0 Å². The summed E-state index contributed by atoms with van der Waals surface area (Å²) in [5.41, 5.74) is 0. The molecule has 0 saturated heterocycles. The molecule has 0 rings (SSSR count). The molecule has 0 aromatic heterocycles. The monoisotopic (exact) mass is 384 g/mol. The van der Waals surface area contributed by atoms with Crippen LogP contribution in [0.1, 0.15) is 0 Å². The third-order valence-corrected chi connectivity index (χ3v) is 0. The molecule has 0 aliphatic heterocycles. The van der Waals surface area contributed by atoms with Gasteiger partial charge >= 0.3 is 25.6 Å². The molecule has 4 heavy (non-hydrogen) atoms. The summed E-state index contributed by atoms with van der Waals surface area (Å²) in [7, 11) is 0. The molecular weight excluding hydrogens is 384 g/mol. The molecule has 0 spiro atoms. The van der Waals surface area contributed by atoms with Crippen LogP contribution in [0.5, 0.6) is 0 Å². The van der Waals surface area contributed by atoms with Gasteiger partial charge in [0.2, 0.25) is 0 Å². The molecule has 0 heterocycles. The summed E-state index contributed by atoms with van der Waals surface area (Å²) in [5, 5.41) is 0. The Kier molecular flexibility index (Phi) is 86.5. The third kappa shape index (κ3) is 9.08. The molecule has 0 aliphatic rings. The molecule has 4 heteroatoms. The second-order valence-corrected chi connectivity index (χ2v) is 0. The minimum Gasteiger partial charge on any atom is 0 e. The molecule has 0 saturated carbocycles. The first-order valence-electron chi connectivity index (χ1n) is 0.204. The molecule has 1 nitrogen and oxygen atoms in total. The van der Waals surface area contributed by atoms with Crippen LogP contribution in [-0.4, -0.2) is 22.5 Å². The van der Waals surface area contributed by atoms with Crippen LogP contribution >= 0.6 is 0 Å². The van der Waals surface area contributed by atoms with E-state index in [9.17, 15) is 0 Å². The smallest absolute Gasteiger partial charge is 0 e. The fourth-order valence-electron chi connectivity index (χ4n) is 0. The molecule has 0 aromatic carbocycles. The van der Waals surface area contributed by atoms with Gasteiger partial charge in [-0.25, -0.2) is 0 Å². The van der Waals surface area contributed by atoms with Crippen molar-refractivity contribution < 1.29 is 43.6 Å². The van der Waals surface area contributed by atoms with Gasteiger partial charge in [-0.15, -0.1) is 0 Å². The van der Waals surface area contributed by atoms with Crippen LogP contribution in [0.2, 0.25) is 0 Å². The fourth-order valence-corrected chi connectivity index (χ4v) is 0. The summed E-state index contributed by atoms with van der Waals surface area (Å²) in [6.07, 6.45) is 0. The van der Waals surface area contributed by atoms with Gasteiger partial charge in [0.15, 0.2) is 0 Å². The normalized spacial score (nSPS) is 1.00. The summed E-state index contributed by atoms with van der Waals surface area (Å²) in [5.74, 6) is 0. The zero-order valence-corrected chi connectivity index (χ0v) is 10.8. The summed E-state index contributed by atoms with van der Waals surface area (Å²) >= 11 is 0.300. The maximum absolute atomic E-state index is 8.34. The predicted molar refractivity (Wildman–Crippen MR) is 6.44 cm³/mol. The van der Waals surface area contributed by atoms with Crippen LogP contribution < -0.4 is 0 Å². The Morgan fingerprint density at radius 1 is 1.25 bits per heavy atom. The maximum atomic E-state index is 8.34. The summed E-state index contributed by atoms with van der Waals surface area (Å²) in [6, 6.07) is 0. The van der Waals surface area contributed by atoms with Crippen LogP contribution in [0.4, 0.5) is 0 Å². The molecule has 0 aromatic rings. The molecule has 0 bridgehead atoms. The Morgan fingerprint density at radius 3 is 1.25 bits per heavy atom. The van der Waals surface area contributed by atoms with E-state index in [0.29, 0.717) is 22.5 Å². The van der Waals surface area contributed by atoms with Crippen molar-refractivity contribution in [3.05, 3.63) is 0 Å². The molecular formula is OSnWZn. The van der Waals surface area contributed by atoms with Crippen molar-refractivity contribution in [3.63, 3.8) is 0 Å². The van der Waals surface area contributed by atoms with Gasteiger partial charge in [-0.1, -0.05) is 0 Å². The Balaban J connectivity index is -0.00000000500. The number of hydrogen-bond acceptors (Lipinski definition) is 1. The van der Waals surface area contributed by atoms with E-state index in [1.54, 1.807) is 0 Å². The first-order chi connectivity index (χ1) is 1.00. The quantitative estimate of drug-likeness (QED) is 0.515. The molecule has 18 valence electrons. The number of rotatable bonds is 0.